The van der Waals surface area contributed by atoms with E-state index in [-0.39, 0.29) is 11.8 Å². The van der Waals surface area contributed by atoms with Gasteiger partial charge < -0.3 is 10.6 Å². The summed E-state index contributed by atoms with van der Waals surface area (Å²) < 4.78 is 0. The van der Waals surface area contributed by atoms with Crippen LogP contribution in [-0.2, 0) is 22.4 Å². The van der Waals surface area contributed by atoms with Crippen molar-refractivity contribution in [3.63, 3.8) is 0 Å². The van der Waals surface area contributed by atoms with Gasteiger partial charge in [0.15, 0.2) is 0 Å². The van der Waals surface area contributed by atoms with E-state index in [1.165, 1.54) is 0 Å². The van der Waals surface area contributed by atoms with Crippen molar-refractivity contribution in [1.29, 1.82) is 0 Å². The highest BCUT2D eigenvalue weighted by atomic mass is 32.1. The van der Waals surface area contributed by atoms with Crippen molar-refractivity contribution in [3.8, 4) is 0 Å². The van der Waals surface area contributed by atoms with Crippen LogP contribution in [0.15, 0.2) is 35.7 Å². The first kappa shape index (κ1) is 11.9. The Morgan fingerprint density at radius 3 is 3.05 bits per heavy atom. The van der Waals surface area contributed by atoms with Gasteiger partial charge in [0.1, 0.15) is 0 Å². The molecule has 0 radical (unpaired) electrons. The lowest BCUT2D eigenvalue weighted by atomic mass is 10.1. The molecule has 4 nitrogen and oxygen atoms in total. The number of amides is 2. The second-order valence-corrected chi connectivity index (χ2v) is 5.43. The summed E-state index contributed by atoms with van der Waals surface area (Å²) in [6.45, 7) is 0. The Hall–Kier alpha value is -2.14. The molecule has 1 aromatic carbocycles. The zero-order valence-corrected chi connectivity index (χ0v) is 10.9. The molecule has 3 rings (SSSR count). The molecule has 0 saturated heterocycles. The van der Waals surface area contributed by atoms with Gasteiger partial charge in [-0.15, -0.1) is 11.3 Å². The largest absolute Gasteiger partial charge is 0.326 e. The topological polar surface area (TPSA) is 58.2 Å². The van der Waals surface area contributed by atoms with Gasteiger partial charge in [-0.25, -0.2) is 0 Å². The molecule has 0 atom stereocenters. The van der Waals surface area contributed by atoms with Gasteiger partial charge >= 0.3 is 0 Å². The van der Waals surface area contributed by atoms with Crippen molar-refractivity contribution < 1.29 is 9.59 Å². The van der Waals surface area contributed by atoms with E-state index in [1.807, 2.05) is 29.6 Å². The highest BCUT2D eigenvalue weighted by Crippen LogP contribution is 2.26. The van der Waals surface area contributed by atoms with Crippen LogP contribution in [-0.4, -0.2) is 11.8 Å². The molecule has 0 spiro atoms. The van der Waals surface area contributed by atoms with Crippen LogP contribution < -0.4 is 10.6 Å². The van der Waals surface area contributed by atoms with Crippen LogP contribution in [0.2, 0.25) is 0 Å². The number of thiophene rings is 1. The molecule has 2 aromatic rings. The molecule has 19 heavy (non-hydrogen) atoms. The second kappa shape index (κ2) is 4.85. The number of anilines is 2. The minimum atomic E-state index is -0.0420. The maximum atomic E-state index is 11.9. The van der Waals surface area contributed by atoms with E-state index in [4.69, 9.17) is 0 Å². The van der Waals surface area contributed by atoms with Crippen LogP contribution in [0.3, 0.4) is 0 Å². The molecule has 2 amide bonds. The molecule has 96 valence electrons. The van der Waals surface area contributed by atoms with E-state index in [1.54, 1.807) is 17.4 Å². The molecule has 5 heteroatoms. The number of benzene rings is 1. The fourth-order valence-corrected chi connectivity index (χ4v) is 2.79. The monoisotopic (exact) mass is 272 g/mol. The average Bonchev–Trinajstić information content (AvgIpc) is 2.96. The first-order chi connectivity index (χ1) is 9.20. The number of nitrogens with one attached hydrogen (secondary N) is 2. The highest BCUT2D eigenvalue weighted by molar-refractivity contribution is 7.10. The minimum Gasteiger partial charge on any atom is -0.326 e. The molecule has 1 aromatic heterocycles. The van der Waals surface area contributed by atoms with E-state index in [9.17, 15) is 9.59 Å². The Kier molecular flexibility index (Phi) is 3.05. The first-order valence-corrected chi connectivity index (χ1v) is 6.84. The van der Waals surface area contributed by atoms with Gasteiger partial charge in [-0.05, 0) is 35.2 Å². The molecule has 1 aliphatic heterocycles. The summed E-state index contributed by atoms with van der Waals surface area (Å²) in [5, 5.41) is 7.57. The minimum absolute atomic E-state index is 0.00272. The Morgan fingerprint density at radius 1 is 1.37 bits per heavy atom. The molecule has 0 unspecified atom stereocenters. The fraction of sp³-hybridized carbons (Fsp3) is 0.143. The summed E-state index contributed by atoms with van der Waals surface area (Å²) in [5.41, 5.74) is 2.50. The summed E-state index contributed by atoms with van der Waals surface area (Å²) in [6.07, 6.45) is 0.760. The number of hydrogen-bond donors (Lipinski definition) is 2. The lowest BCUT2D eigenvalue weighted by Crippen LogP contribution is -2.13. The maximum Gasteiger partial charge on any atom is 0.229 e. The third-order valence-electron chi connectivity index (χ3n) is 2.93. The Morgan fingerprint density at radius 2 is 2.26 bits per heavy atom. The highest BCUT2D eigenvalue weighted by Gasteiger charge is 2.17. The van der Waals surface area contributed by atoms with Crippen LogP contribution in [0.25, 0.3) is 0 Å². The summed E-state index contributed by atoms with van der Waals surface area (Å²) in [6, 6.07) is 9.34. The van der Waals surface area contributed by atoms with Gasteiger partial charge in [0.05, 0.1) is 12.8 Å². The van der Waals surface area contributed by atoms with Gasteiger partial charge in [0.25, 0.3) is 0 Å². The van der Waals surface area contributed by atoms with Crippen LogP contribution in [0.1, 0.15) is 10.4 Å². The van der Waals surface area contributed by atoms with E-state index < -0.39 is 0 Å². The van der Waals surface area contributed by atoms with E-state index in [2.05, 4.69) is 10.6 Å². The molecule has 0 bridgehead atoms. The van der Waals surface area contributed by atoms with Gasteiger partial charge in [0.2, 0.25) is 11.8 Å². The number of rotatable bonds is 3. The summed E-state index contributed by atoms with van der Waals surface area (Å²) >= 11 is 1.57. The van der Waals surface area contributed by atoms with Crippen LogP contribution >= 0.6 is 11.3 Å². The van der Waals surface area contributed by atoms with Crippen molar-refractivity contribution in [1.82, 2.24) is 0 Å². The fourth-order valence-electron chi connectivity index (χ4n) is 2.08. The third-order valence-corrected chi connectivity index (χ3v) is 3.81. The smallest absolute Gasteiger partial charge is 0.229 e. The summed E-state index contributed by atoms with van der Waals surface area (Å²) in [7, 11) is 0. The van der Waals surface area contributed by atoms with E-state index >= 15 is 0 Å². The Balaban J connectivity index is 1.69. The normalized spacial score (nSPS) is 12.9. The van der Waals surface area contributed by atoms with Crippen molar-refractivity contribution in [2.45, 2.75) is 12.8 Å². The number of carbonyl (C=O) groups is 2. The third kappa shape index (κ3) is 2.66. The lowest BCUT2D eigenvalue weighted by Gasteiger charge is -2.06. The lowest BCUT2D eigenvalue weighted by molar-refractivity contribution is -0.116. The van der Waals surface area contributed by atoms with Crippen molar-refractivity contribution in [2.75, 3.05) is 10.6 Å². The van der Waals surface area contributed by atoms with Crippen LogP contribution in [0.5, 0.6) is 0 Å². The average molecular weight is 272 g/mol. The standard InChI is InChI=1S/C14H12N2O2S/c17-13-7-9-6-10(3-4-12(9)16-13)15-14(18)8-11-2-1-5-19-11/h1-6H,7-8H2,(H,15,18)(H,16,17). The zero-order chi connectivity index (χ0) is 13.2. The molecule has 0 aliphatic carbocycles. The zero-order valence-electron chi connectivity index (χ0n) is 10.1. The van der Waals surface area contributed by atoms with Gasteiger partial charge in [0, 0.05) is 16.3 Å². The van der Waals surface area contributed by atoms with Crippen LogP contribution in [0.4, 0.5) is 11.4 Å². The number of carbonyl (C=O) groups excluding carboxylic acids is 2. The summed E-state index contributed by atoms with van der Waals surface area (Å²) in [5.74, 6) is -0.0447. The predicted molar refractivity (Wildman–Crippen MR) is 75.4 cm³/mol. The molecular weight excluding hydrogens is 260 g/mol. The summed E-state index contributed by atoms with van der Waals surface area (Å²) in [4.78, 5) is 24.1. The molecular formula is C14H12N2O2S. The van der Waals surface area contributed by atoms with Crippen LogP contribution in [0, 0.1) is 0 Å². The van der Waals surface area contributed by atoms with Gasteiger partial charge in [-0.2, -0.15) is 0 Å². The first-order valence-electron chi connectivity index (χ1n) is 5.96. The van der Waals surface area contributed by atoms with E-state index in [0.29, 0.717) is 12.8 Å². The molecule has 2 N–H and O–H groups in total. The Bertz CT molecular complexity index is 635. The number of fused-ring (bicyclic) bond motifs is 1. The van der Waals surface area contributed by atoms with Crippen molar-refractivity contribution >= 4 is 34.5 Å². The van der Waals surface area contributed by atoms with Gasteiger partial charge in [-0.1, -0.05) is 6.07 Å². The predicted octanol–water partition coefficient (Wildman–Crippen LogP) is 2.42. The maximum absolute atomic E-state index is 11.9. The van der Waals surface area contributed by atoms with Crippen molar-refractivity contribution in [3.05, 3.63) is 46.2 Å². The Labute approximate surface area is 114 Å². The van der Waals surface area contributed by atoms with Crippen molar-refractivity contribution in [2.24, 2.45) is 0 Å². The SMILES string of the molecule is O=C(Cc1cccs1)Nc1ccc2c(c1)CC(=O)N2. The van der Waals surface area contributed by atoms with E-state index in [0.717, 1.165) is 21.8 Å². The molecule has 1 aliphatic rings. The molecule has 0 fully saturated rings. The van der Waals surface area contributed by atoms with Gasteiger partial charge in [-0.3, -0.25) is 9.59 Å². The quantitative estimate of drug-likeness (QED) is 0.901. The second-order valence-electron chi connectivity index (χ2n) is 4.40. The molecule has 0 saturated carbocycles. The molecule has 2 heterocycles. The number of hydrogen-bond acceptors (Lipinski definition) is 3.